The van der Waals surface area contributed by atoms with E-state index in [1.165, 1.54) is 24.4 Å². The molecular weight excluding hydrogens is 384 g/mol. The van der Waals surface area contributed by atoms with Crippen LogP contribution in [0.2, 0.25) is 0 Å². The maximum absolute atomic E-state index is 11.8. The van der Waals surface area contributed by atoms with Gasteiger partial charge in [0.1, 0.15) is 5.76 Å². The Kier molecular flexibility index (Phi) is 5.79. The Morgan fingerprint density at radius 2 is 2.12 bits per heavy atom. The van der Waals surface area contributed by atoms with Gasteiger partial charge in [0.2, 0.25) is 0 Å². The van der Waals surface area contributed by atoms with Crippen LogP contribution in [-0.2, 0) is 4.79 Å². The molecule has 9 nitrogen and oxygen atoms in total. The number of non-ortho nitro benzene ring substituents is 1. The van der Waals surface area contributed by atoms with E-state index in [1.807, 2.05) is 0 Å². The fourth-order valence-corrected chi connectivity index (χ4v) is 1.95. The number of halogens is 1. The first kappa shape index (κ1) is 17.3. The van der Waals surface area contributed by atoms with Gasteiger partial charge in [-0.1, -0.05) is 6.07 Å². The van der Waals surface area contributed by atoms with Crippen LogP contribution in [0.25, 0.3) is 0 Å². The van der Waals surface area contributed by atoms with Crippen molar-refractivity contribution in [2.45, 2.75) is 0 Å². The maximum atomic E-state index is 11.8. The molecule has 2 amide bonds. The first-order valence-corrected chi connectivity index (χ1v) is 7.35. The van der Waals surface area contributed by atoms with Gasteiger partial charge in [-0.25, -0.2) is 5.43 Å². The topological polar surface area (TPSA) is 127 Å². The summed E-state index contributed by atoms with van der Waals surface area (Å²) in [5.41, 5.74) is 2.09. The van der Waals surface area contributed by atoms with E-state index in [-0.39, 0.29) is 17.8 Å². The maximum Gasteiger partial charge on any atom is 0.270 e. The summed E-state index contributed by atoms with van der Waals surface area (Å²) in [4.78, 5) is 33.5. The van der Waals surface area contributed by atoms with Crippen LogP contribution in [0.15, 0.2) is 50.6 Å². The number of benzene rings is 1. The third-order valence-electron chi connectivity index (χ3n) is 2.70. The molecule has 1 aromatic carbocycles. The largest absolute Gasteiger partial charge is 0.448 e. The second-order valence-corrected chi connectivity index (χ2v) is 5.21. The Bertz CT molecular complexity index is 802. The van der Waals surface area contributed by atoms with Crippen molar-refractivity contribution in [1.82, 2.24) is 10.7 Å². The Hall–Kier alpha value is -3.01. The number of amides is 2. The molecule has 2 N–H and O–H groups in total. The number of carbonyl (C=O) groups excluding carboxylic acids is 2. The van der Waals surface area contributed by atoms with Gasteiger partial charge in [-0.15, -0.1) is 0 Å². The van der Waals surface area contributed by atoms with Gasteiger partial charge in [0.15, 0.2) is 4.67 Å². The van der Waals surface area contributed by atoms with Crippen molar-refractivity contribution < 1.29 is 18.9 Å². The lowest BCUT2D eigenvalue weighted by molar-refractivity contribution is -0.384. The number of nitro benzene ring substituents is 1. The SMILES string of the molecule is O=C(CNC(=O)c1cccc([N+](=O)[O-])c1)N/N=C\c1ccc(Br)o1. The van der Waals surface area contributed by atoms with E-state index in [1.54, 1.807) is 12.1 Å². The number of nitrogens with one attached hydrogen (secondary N) is 2. The normalized spacial score (nSPS) is 10.5. The summed E-state index contributed by atoms with van der Waals surface area (Å²) in [6.45, 7) is -0.333. The minimum atomic E-state index is -0.606. The summed E-state index contributed by atoms with van der Waals surface area (Å²) < 4.78 is 5.67. The summed E-state index contributed by atoms with van der Waals surface area (Å²) in [6.07, 6.45) is 1.30. The molecule has 10 heteroatoms. The molecule has 0 bridgehead atoms. The Labute approximate surface area is 144 Å². The molecule has 1 heterocycles. The van der Waals surface area contributed by atoms with Gasteiger partial charge in [0.05, 0.1) is 17.7 Å². The lowest BCUT2D eigenvalue weighted by Crippen LogP contribution is -2.34. The summed E-state index contributed by atoms with van der Waals surface area (Å²) in [5.74, 6) is -0.730. The third kappa shape index (κ3) is 5.02. The van der Waals surface area contributed by atoms with Crippen molar-refractivity contribution >= 4 is 39.6 Å². The summed E-state index contributed by atoms with van der Waals surface area (Å²) in [7, 11) is 0. The van der Waals surface area contributed by atoms with Gasteiger partial charge in [0, 0.05) is 17.7 Å². The number of hydrazone groups is 1. The molecule has 0 aliphatic rings. The molecule has 0 saturated carbocycles. The Morgan fingerprint density at radius 3 is 2.79 bits per heavy atom. The monoisotopic (exact) mass is 394 g/mol. The van der Waals surface area contributed by atoms with E-state index < -0.39 is 16.7 Å². The molecule has 0 saturated heterocycles. The van der Waals surface area contributed by atoms with Crippen LogP contribution in [0.1, 0.15) is 16.1 Å². The van der Waals surface area contributed by atoms with E-state index in [2.05, 4.69) is 31.8 Å². The van der Waals surface area contributed by atoms with Crippen molar-refractivity contribution in [3.05, 3.63) is 62.5 Å². The van der Waals surface area contributed by atoms with Gasteiger partial charge in [0.25, 0.3) is 17.5 Å². The van der Waals surface area contributed by atoms with E-state index in [0.717, 1.165) is 6.07 Å². The average molecular weight is 395 g/mol. The predicted octanol–water partition coefficient (Wildman–Crippen LogP) is 1.83. The van der Waals surface area contributed by atoms with Crippen LogP contribution in [0, 0.1) is 10.1 Å². The van der Waals surface area contributed by atoms with Gasteiger partial charge < -0.3 is 9.73 Å². The van der Waals surface area contributed by atoms with E-state index >= 15 is 0 Å². The van der Waals surface area contributed by atoms with Crippen LogP contribution in [0.4, 0.5) is 5.69 Å². The first-order chi connectivity index (χ1) is 11.5. The highest BCUT2D eigenvalue weighted by Gasteiger charge is 2.12. The fraction of sp³-hybridized carbons (Fsp3) is 0.0714. The molecule has 0 aliphatic heterocycles. The average Bonchev–Trinajstić information content (AvgIpc) is 2.98. The second-order valence-electron chi connectivity index (χ2n) is 4.43. The summed E-state index contributed by atoms with van der Waals surface area (Å²) in [6, 6.07) is 8.50. The van der Waals surface area contributed by atoms with Crippen molar-refractivity contribution in [1.29, 1.82) is 0 Å². The minimum Gasteiger partial charge on any atom is -0.448 e. The Morgan fingerprint density at radius 1 is 1.33 bits per heavy atom. The molecule has 0 unspecified atom stereocenters. The highest BCUT2D eigenvalue weighted by molar-refractivity contribution is 9.10. The predicted molar refractivity (Wildman–Crippen MR) is 87.6 cm³/mol. The molecular formula is C14H11BrN4O5. The number of rotatable bonds is 6. The van der Waals surface area contributed by atoms with Crippen LogP contribution < -0.4 is 10.7 Å². The molecule has 1 aromatic heterocycles. The van der Waals surface area contributed by atoms with E-state index in [0.29, 0.717) is 10.4 Å². The van der Waals surface area contributed by atoms with Crippen molar-refractivity contribution in [3.63, 3.8) is 0 Å². The number of furan rings is 1. The highest BCUT2D eigenvalue weighted by atomic mass is 79.9. The van der Waals surface area contributed by atoms with Crippen LogP contribution >= 0.6 is 15.9 Å². The number of hydrogen-bond donors (Lipinski definition) is 2. The van der Waals surface area contributed by atoms with Crippen LogP contribution in [-0.4, -0.2) is 29.5 Å². The lowest BCUT2D eigenvalue weighted by Gasteiger charge is -2.04. The van der Waals surface area contributed by atoms with Gasteiger partial charge in [-0.3, -0.25) is 19.7 Å². The van der Waals surface area contributed by atoms with Gasteiger partial charge in [-0.2, -0.15) is 5.10 Å². The minimum absolute atomic E-state index is 0.0842. The van der Waals surface area contributed by atoms with Gasteiger partial charge >= 0.3 is 0 Å². The second kappa shape index (κ2) is 8.02. The van der Waals surface area contributed by atoms with E-state index in [4.69, 9.17) is 4.42 Å². The van der Waals surface area contributed by atoms with Crippen LogP contribution in [0.3, 0.4) is 0 Å². The molecule has 2 rings (SSSR count). The summed E-state index contributed by atoms with van der Waals surface area (Å²) >= 11 is 3.12. The smallest absolute Gasteiger partial charge is 0.270 e. The van der Waals surface area contributed by atoms with Crippen LogP contribution in [0.5, 0.6) is 0 Å². The molecule has 0 fully saturated rings. The van der Waals surface area contributed by atoms with Crippen molar-refractivity contribution in [2.75, 3.05) is 6.54 Å². The molecule has 0 radical (unpaired) electrons. The Balaban J connectivity index is 1.82. The van der Waals surface area contributed by atoms with Gasteiger partial charge in [-0.05, 0) is 34.1 Å². The quantitative estimate of drug-likeness (QED) is 0.438. The number of nitrogens with zero attached hydrogens (tertiary/aromatic N) is 2. The summed E-state index contributed by atoms with van der Waals surface area (Å²) in [5, 5.41) is 16.7. The molecule has 0 aliphatic carbocycles. The number of hydrogen-bond acceptors (Lipinski definition) is 6. The molecule has 124 valence electrons. The molecule has 0 spiro atoms. The number of carbonyl (C=O) groups is 2. The molecule has 0 atom stereocenters. The third-order valence-corrected chi connectivity index (χ3v) is 3.13. The van der Waals surface area contributed by atoms with Crippen molar-refractivity contribution in [3.8, 4) is 0 Å². The highest BCUT2D eigenvalue weighted by Crippen LogP contribution is 2.13. The standard InChI is InChI=1S/C14H11BrN4O5/c15-12-5-4-11(24-12)7-17-18-13(20)8-16-14(21)9-2-1-3-10(6-9)19(22)23/h1-7H,8H2,(H,16,21)(H,18,20)/b17-7-. The zero-order valence-corrected chi connectivity index (χ0v) is 13.6. The zero-order chi connectivity index (χ0) is 17.5. The molecule has 2 aromatic rings. The zero-order valence-electron chi connectivity index (χ0n) is 12.1. The molecule has 24 heavy (non-hydrogen) atoms. The number of nitro groups is 1. The van der Waals surface area contributed by atoms with Crippen molar-refractivity contribution in [2.24, 2.45) is 5.10 Å². The lowest BCUT2D eigenvalue weighted by atomic mass is 10.2. The fourth-order valence-electron chi connectivity index (χ4n) is 1.63. The van der Waals surface area contributed by atoms with E-state index in [9.17, 15) is 19.7 Å². The first-order valence-electron chi connectivity index (χ1n) is 6.55.